The van der Waals surface area contributed by atoms with Gasteiger partial charge in [-0.1, -0.05) is 24.8 Å². The van der Waals surface area contributed by atoms with Crippen LogP contribution < -0.4 is 5.43 Å². The highest BCUT2D eigenvalue weighted by molar-refractivity contribution is 8.14. The first-order chi connectivity index (χ1) is 6.40. The number of nitrogens with zero attached hydrogens (tertiary/aromatic N) is 2. The Morgan fingerprint density at radius 2 is 2.46 bits per heavy atom. The number of aryl methyl sites for hydroxylation is 1. The topological polar surface area (TPSA) is 37.3 Å². The maximum Gasteiger partial charge on any atom is 0.143 e. The highest BCUT2D eigenvalue weighted by atomic mass is 32.2. The second-order valence-corrected chi connectivity index (χ2v) is 3.73. The summed E-state index contributed by atoms with van der Waals surface area (Å²) in [6.07, 6.45) is 2.95. The van der Waals surface area contributed by atoms with E-state index < -0.39 is 0 Å². The van der Waals surface area contributed by atoms with E-state index in [9.17, 15) is 0 Å². The second-order valence-electron chi connectivity index (χ2n) is 2.77. The molecule has 1 aromatic heterocycles. The molecule has 0 amide bonds. The smallest absolute Gasteiger partial charge is 0.143 e. The Labute approximate surface area is 81.6 Å². The third-order valence-corrected chi connectivity index (χ3v) is 2.75. The van der Waals surface area contributed by atoms with Crippen molar-refractivity contribution in [1.29, 1.82) is 0 Å². The van der Waals surface area contributed by atoms with Gasteiger partial charge in [-0.25, -0.2) is 0 Å². The maximum atomic E-state index is 4.34. The Balaban J connectivity index is 2.22. The maximum absolute atomic E-state index is 4.34. The monoisotopic (exact) mass is 193 g/mol. The largest absolute Gasteiger partial charge is 0.299 e. The van der Waals surface area contributed by atoms with Gasteiger partial charge < -0.3 is 0 Å². The molecule has 0 saturated carbocycles. The summed E-state index contributed by atoms with van der Waals surface area (Å²) in [6, 6.07) is 4.13. The molecule has 13 heavy (non-hydrogen) atoms. The van der Waals surface area contributed by atoms with Gasteiger partial charge >= 0.3 is 0 Å². The summed E-state index contributed by atoms with van der Waals surface area (Å²) >= 11 is 1.69. The number of pyridine rings is 1. The van der Waals surface area contributed by atoms with Crippen LogP contribution in [0.5, 0.6) is 0 Å². The SMILES string of the molecule is CCc1ccc(C2=NNCS2)nc1. The van der Waals surface area contributed by atoms with Crippen molar-refractivity contribution in [3.8, 4) is 0 Å². The average molecular weight is 193 g/mol. The normalized spacial score (nSPS) is 15.3. The molecule has 2 heterocycles. The highest BCUT2D eigenvalue weighted by Gasteiger charge is 2.10. The van der Waals surface area contributed by atoms with Gasteiger partial charge in [0.25, 0.3) is 0 Å². The van der Waals surface area contributed by atoms with Gasteiger partial charge in [0.1, 0.15) is 5.04 Å². The van der Waals surface area contributed by atoms with Gasteiger partial charge in [-0.3, -0.25) is 10.4 Å². The molecular weight excluding hydrogens is 182 g/mol. The standard InChI is InChI=1S/C9H11N3S/c1-2-7-3-4-8(10-5-7)9-12-11-6-13-9/h3-5,11H,2,6H2,1H3. The third kappa shape index (κ3) is 1.83. The summed E-state index contributed by atoms with van der Waals surface area (Å²) in [4.78, 5) is 4.34. The van der Waals surface area contributed by atoms with Crippen molar-refractivity contribution in [2.75, 3.05) is 5.88 Å². The summed E-state index contributed by atoms with van der Waals surface area (Å²) < 4.78 is 0. The van der Waals surface area contributed by atoms with E-state index in [0.29, 0.717) is 0 Å². The van der Waals surface area contributed by atoms with Crippen LogP contribution in [-0.2, 0) is 6.42 Å². The molecule has 0 atom stereocenters. The lowest BCUT2D eigenvalue weighted by Gasteiger charge is -1.98. The van der Waals surface area contributed by atoms with Crippen molar-refractivity contribution < 1.29 is 0 Å². The Hall–Kier alpha value is -1.03. The van der Waals surface area contributed by atoms with Gasteiger partial charge in [0.15, 0.2) is 0 Å². The molecule has 3 nitrogen and oxygen atoms in total. The fourth-order valence-corrected chi connectivity index (χ4v) is 1.79. The van der Waals surface area contributed by atoms with Crippen LogP contribution in [0.25, 0.3) is 0 Å². The molecule has 0 spiro atoms. The summed E-state index contributed by atoms with van der Waals surface area (Å²) in [5.74, 6) is 0.854. The number of nitrogens with one attached hydrogen (secondary N) is 1. The quantitative estimate of drug-likeness (QED) is 0.775. The fraction of sp³-hybridized carbons (Fsp3) is 0.333. The van der Waals surface area contributed by atoms with Gasteiger partial charge in [-0.2, -0.15) is 5.10 Å². The number of hydrazone groups is 1. The number of aromatic nitrogens is 1. The van der Waals surface area contributed by atoms with Crippen LogP contribution in [0.3, 0.4) is 0 Å². The van der Waals surface area contributed by atoms with E-state index in [1.54, 1.807) is 11.8 Å². The van der Waals surface area contributed by atoms with E-state index >= 15 is 0 Å². The van der Waals surface area contributed by atoms with Gasteiger partial charge in [0.05, 0.1) is 11.6 Å². The fourth-order valence-electron chi connectivity index (χ4n) is 1.13. The van der Waals surface area contributed by atoms with Crippen LogP contribution in [0.15, 0.2) is 23.4 Å². The Morgan fingerprint density at radius 1 is 1.54 bits per heavy atom. The second kappa shape index (κ2) is 3.79. The zero-order valence-corrected chi connectivity index (χ0v) is 8.27. The molecule has 1 aliphatic heterocycles. The van der Waals surface area contributed by atoms with Gasteiger partial charge in [0.2, 0.25) is 0 Å². The minimum Gasteiger partial charge on any atom is -0.299 e. The molecule has 1 aliphatic rings. The van der Waals surface area contributed by atoms with Crippen LogP contribution in [-0.4, -0.2) is 15.9 Å². The van der Waals surface area contributed by atoms with Crippen molar-refractivity contribution in [2.24, 2.45) is 5.10 Å². The number of hydrogen-bond acceptors (Lipinski definition) is 4. The zero-order valence-electron chi connectivity index (χ0n) is 7.45. The van der Waals surface area contributed by atoms with Crippen LogP contribution >= 0.6 is 11.8 Å². The molecule has 0 fully saturated rings. The van der Waals surface area contributed by atoms with Crippen molar-refractivity contribution in [2.45, 2.75) is 13.3 Å². The van der Waals surface area contributed by atoms with Crippen LogP contribution in [0.1, 0.15) is 18.2 Å². The van der Waals surface area contributed by atoms with E-state index in [1.807, 2.05) is 12.3 Å². The molecule has 0 saturated heterocycles. The first-order valence-electron chi connectivity index (χ1n) is 4.29. The molecule has 4 heteroatoms. The molecule has 68 valence electrons. The predicted molar refractivity (Wildman–Crippen MR) is 55.7 cm³/mol. The van der Waals surface area contributed by atoms with Crippen molar-refractivity contribution in [1.82, 2.24) is 10.4 Å². The van der Waals surface area contributed by atoms with Gasteiger partial charge in [-0.15, -0.1) is 0 Å². The minimum absolute atomic E-state index is 0.854. The molecule has 1 aromatic rings. The predicted octanol–water partition coefficient (Wildman–Crippen LogP) is 1.60. The van der Waals surface area contributed by atoms with Gasteiger partial charge in [0, 0.05) is 6.20 Å². The first kappa shape index (κ1) is 8.56. The van der Waals surface area contributed by atoms with Crippen molar-refractivity contribution >= 4 is 16.8 Å². The lowest BCUT2D eigenvalue weighted by atomic mass is 10.2. The van der Waals surface area contributed by atoms with Crippen molar-refractivity contribution in [3.63, 3.8) is 0 Å². The molecule has 1 N–H and O–H groups in total. The Bertz CT molecular complexity index is 318. The molecule has 0 aromatic carbocycles. The summed E-state index contributed by atoms with van der Waals surface area (Å²) in [5.41, 5.74) is 5.14. The number of rotatable bonds is 2. The molecule has 0 unspecified atom stereocenters. The van der Waals surface area contributed by atoms with E-state index in [-0.39, 0.29) is 0 Å². The minimum atomic E-state index is 0.854. The van der Waals surface area contributed by atoms with Crippen molar-refractivity contribution in [3.05, 3.63) is 29.6 Å². The molecule has 2 rings (SSSR count). The zero-order chi connectivity index (χ0) is 9.10. The lowest BCUT2D eigenvalue weighted by molar-refractivity contribution is 0.892. The van der Waals surface area contributed by atoms with E-state index in [4.69, 9.17) is 0 Å². The summed E-state index contributed by atoms with van der Waals surface area (Å²) in [6.45, 7) is 2.13. The Kier molecular flexibility index (Phi) is 2.49. The Morgan fingerprint density at radius 3 is 3.00 bits per heavy atom. The average Bonchev–Trinajstić information content (AvgIpc) is 2.71. The third-order valence-electron chi connectivity index (χ3n) is 1.91. The van der Waals surface area contributed by atoms with Gasteiger partial charge in [-0.05, 0) is 18.1 Å². The first-order valence-corrected chi connectivity index (χ1v) is 5.27. The molecule has 0 radical (unpaired) electrons. The lowest BCUT2D eigenvalue weighted by Crippen LogP contribution is -1.97. The van der Waals surface area contributed by atoms with Crippen LogP contribution in [0.4, 0.5) is 0 Å². The van der Waals surface area contributed by atoms with Crippen LogP contribution in [0.2, 0.25) is 0 Å². The highest BCUT2D eigenvalue weighted by Crippen LogP contribution is 2.14. The van der Waals surface area contributed by atoms with E-state index in [0.717, 1.165) is 23.0 Å². The number of thioether (sulfide) groups is 1. The summed E-state index contributed by atoms with van der Waals surface area (Å²) in [7, 11) is 0. The number of hydrogen-bond donors (Lipinski definition) is 1. The molecular formula is C9H11N3S. The molecule has 0 aliphatic carbocycles. The van der Waals surface area contributed by atoms with E-state index in [2.05, 4.69) is 28.5 Å². The summed E-state index contributed by atoms with van der Waals surface area (Å²) in [5, 5.41) is 5.12. The van der Waals surface area contributed by atoms with Crippen LogP contribution in [0, 0.1) is 0 Å². The molecule has 0 bridgehead atoms. The van der Waals surface area contributed by atoms with E-state index in [1.165, 1.54) is 5.56 Å².